The smallest absolute Gasteiger partial charge is 0.348 e. The molecule has 3 heterocycles. The number of aromatic nitrogens is 4. The van der Waals surface area contributed by atoms with Gasteiger partial charge in [-0.2, -0.15) is 5.10 Å². The van der Waals surface area contributed by atoms with Crippen LogP contribution in [0.2, 0.25) is 5.15 Å². The highest BCUT2D eigenvalue weighted by molar-refractivity contribution is 7.20. The van der Waals surface area contributed by atoms with Gasteiger partial charge in [0, 0.05) is 12.4 Å². The molecule has 0 radical (unpaired) electrons. The van der Waals surface area contributed by atoms with Gasteiger partial charge in [-0.05, 0) is 25.1 Å². The molecule has 0 aliphatic heterocycles. The van der Waals surface area contributed by atoms with E-state index in [-0.39, 0.29) is 12.6 Å². The summed E-state index contributed by atoms with van der Waals surface area (Å²) >= 11 is 7.31. The number of fused-ring (bicyclic) bond motifs is 1. The maximum atomic E-state index is 12.5. The van der Waals surface area contributed by atoms with E-state index in [0.717, 1.165) is 21.6 Å². The second-order valence-corrected chi connectivity index (χ2v) is 7.21. The molecule has 3 aromatic heterocycles. The minimum absolute atomic E-state index is 0.0695. The fourth-order valence-corrected chi connectivity index (χ4v) is 3.87. The molecule has 0 unspecified atom stereocenters. The number of nitrogens with zero attached hydrogens (tertiary/aromatic N) is 4. The second-order valence-electron chi connectivity index (χ2n) is 5.79. The predicted octanol–water partition coefficient (Wildman–Crippen LogP) is 4.14. The fraction of sp³-hybridized carbons (Fsp3) is 0.167. The minimum Gasteiger partial charge on any atom is -0.453 e. The van der Waals surface area contributed by atoms with Crippen molar-refractivity contribution in [1.82, 2.24) is 19.3 Å². The van der Waals surface area contributed by atoms with Gasteiger partial charge >= 0.3 is 5.97 Å². The average molecular weight is 387 g/mol. The number of ether oxygens (including phenoxy) is 1. The summed E-state index contributed by atoms with van der Waals surface area (Å²) < 4.78 is 8.92. The van der Waals surface area contributed by atoms with E-state index in [0.29, 0.717) is 15.9 Å². The Bertz CT molecular complexity index is 1100. The molecular weight excluding hydrogens is 372 g/mol. The van der Waals surface area contributed by atoms with Gasteiger partial charge in [0.15, 0.2) is 0 Å². The maximum Gasteiger partial charge on any atom is 0.348 e. The van der Waals surface area contributed by atoms with Crippen LogP contribution in [-0.4, -0.2) is 25.3 Å². The van der Waals surface area contributed by atoms with E-state index in [1.807, 2.05) is 48.0 Å². The molecule has 4 rings (SSSR count). The minimum atomic E-state index is -0.385. The van der Waals surface area contributed by atoms with Gasteiger partial charge in [0.1, 0.15) is 27.3 Å². The number of carbonyl (C=O) groups excluding carboxylic acids is 1. The lowest BCUT2D eigenvalue weighted by Gasteiger charge is -2.04. The number of imidazole rings is 1. The third-order valence-corrected chi connectivity index (χ3v) is 5.55. The molecule has 4 aromatic rings. The van der Waals surface area contributed by atoms with Gasteiger partial charge in [-0.1, -0.05) is 29.8 Å². The Morgan fingerprint density at radius 2 is 2.08 bits per heavy atom. The molecule has 0 N–H and O–H groups in total. The Kier molecular flexibility index (Phi) is 4.26. The number of thiophene rings is 1. The number of benzene rings is 1. The molecule has 0 saturated heterocycles. The van der Waals surface area contributed by atoms with E-state index in [1.165, 1.54) is 17.5 Å². The predicted molar refractivity (Wildman–Crippen MR) is 101 cm³/mol. The molecule has 0 aliphatic carbocycles. The zero-order chi connectivity index (χ0) is 18.3. The normalized spacial score (nSPS) is 11.2. The third-order valence-electron chi connectivity index (χ3n) is 4.11. The SMILES string of the molecule is Cc1nn(-c2ccccc2)c2sc(C(=O)OCc3ncc(Cl)n3C)cc12. The van der Waals surface area contributed by atoms with Crippen LogP contribution in [-0.2, 0) is 18.4 Å². The Morgan fingerprint density at radius 1 is 1.31 bits per heavy atom. The lowest BCUT2D eigenvalue weighted by molar-refractivity contribution is 0.0465. The quantitative estimate of drug-likeness (QED) is 0.494. The Morgan fingerprint density at radius 3 is 2.77 bits per heavy atom. The summed E-state index contributed by atoms with van der Waals surface area (Å²) in [5, 5.41) is 6.02. The lowest BCUT2D eigenvalue weighted by atomic mass is 10.3. The first-order valence-electron chi connectivity index (χ1n) is 7.92. The topological polar surface area (TPSA) is 61.9 Å². The van der Waals surface area contributed by atoms with Gasteiger partial charge in [0.25, 0.3) is 0 Å². The van der Waals surface area contributed by atoms with Crippen molar-refractivity contribution in [1.29, 1.82) is 0 Å². The molecular formula is C18H15ClN4O2S. The molecule has 0 bridgehead atoms. The number of hydrogen-bond donors (Lipinski definition) is 0. The second kappa shape index (κ2) is 6.59. The number of rotatable bonds is 4. The molecule has 132 valence electrons. The van der Waals surface area contributed by atoms with Gasteiger partial charge < -0.3 is 9.30 Å². The summed E-state index contributed by atoms with van der Waals surface area (Å²) in [5.41, 5.74) is 1.82. The molecule has 0 atom stereocenters. The number of hydrogen-bond acceptors (Lipinski definition) is 5. The summed E-state index contributed by atoms with van der Waals surface area (Å²) in [6.45, 7) is 2.00. The first kappa shape index (κ1) is 16.8. The van der Waals surface area contributed by atoms with Crippen LogP contribution in [0.4, 0.5) is 0 Å². The molecule has 1 aromatic carbocycles. The molecule has 26 heavy (non-hydrogen) atoms. The highest BCUT2D eigenvalue weighted by atomic mass is 35.5. The van der Waals surface area contributed by atoms with Crippen molar-refractivity contribution in [2.24, 2.45) is 7.05 Å². The summed E-state index contributed by atoms with van der Waals surface area (Å²) in [7, 11) is 1.77. The highest BCUT2D eigenvalue weighted by Crippen LogP contribution is 2.30. The van der Waals surface area contributed by atoms with Crippen LogP contribution < -0.4 is 0 Å². The van der Waals surface area contributed by atoms with Gasteiger partial charge in [-0.15, -0.1) is 11.3 Å². The number of esters is 1. The molecule has 0 amide bonds. The zero-order valence-corrected chi connectivity index (χ0v) is 15.7. The first-order chi connectivity index (χ1) is 12.5. The molecule has 0 saturated carbocycles. The molecule has 8 heteroatoms. The largest absolute Gasteiger partial charge is 0.453 e. The number of para-hydroxylation sites is 1. The van der Waals surface area contributed by atoms with Gasteiger partial charge in [-0.3, -0.25) is 0 Å². The van der Waals surface area contributed by atoms with Crippen molar-refractivity contribution in [2.75, 3.05) is 0 Å². The van der Waals surface area contributed by atoms with Gasteiger partial charge in [-0.25, -0.2) is 14.5 Å². The zero-order valence-electron chi connectivity index (χ0n) is 14.1. The van der Waals surface area contributed by atoms with Gasteiger partial charge in [0.2, 0.25) is 0 Å². The molecule has 0 spiro atoms. The van der Waals surface area contributed by atoms with E-state index < -0.39 is 0 Å². The van der Waals surface area contributed by atoms with Crippen LogP contribution in [0.25, 0.3) is 15.9 Å². The Hall–Kier alpha value is -2.64. The van der Waals surface area contributed by atoms with E-state index in [9.17, 15) is 4.79 Å². The van der Waals surface area contributed by atoms with Crippen molar-refractivity contribution in [3.05, 3.63) is 64.1 Å². The van der Waals surface area contributed by atoms with Crippen molar-refractivity contribution in [3.8, 4) is 5.69 Å². The van der Waals surface area contributed by atoms with Crippen molar-refractivity contribution in [2.45, 2.75) is 13.5 Å². The molecule has 0 fully saturated rings. The molecule has 6 nitrogen and oxygen atoms in total. The summed E-state index contributed by atoms with van der Waals surface area (Å²) in [5.74, 6) is 0.209. The number of carbonyl (C=O) groups is 1. The Labute approximate surface area is 158 Å². The number of halogens is 1. The van der Waals surface area contributed by atoms with Crippen LogP contribution in [0.1, 0.15) is 21.2 Å². The van der Waals surface area contributed by atoms with E-state index in [4.69, 9.17) is 16.3 Å². The van der Waals surface area contributed by atoms with Crippen LogP contribution in [0.15, 0.2) is 42.6 Å². The molecule has 0 aliphatic rings. The highest BCUT2D eigenvalue weighted by Gasteiger charge is 2.18. The third kappa shape index (κ3) is 2.89. The lowest BCUT2D eigenvalue weighted by Crippen LogP contribution is -2.07. The first-order valence-corrected chi connectivity index (χ1v) is 9.12. The maximum absolute atomic E-state index is 12.5. The van der Waals surface area contributed by atoms with Crippen LogP contribution in [0, 0.1) is 6.92 Å². The van der Waals surface area contributed by atoms with E-state index in [2.05, 4.69) is 10.1 Å². The van der Waals surface area contributed by atoms with Crippen molar-refractivity contribution < 1.29 is 9.53 Å². The fourth-order valence-electron chi connectivity index (χ4n) is 2.65. The van der Waals surface area contributed by atoms with E-state index >= 15 is 0 Å². The average Bonchev–Trinajstić information content (AvgIpc) is 3.31. The van der Waals surface area contributed by atoms with Crippen molar-refractivity contribution >= 4 is 39.1 Å². The summed E-state index contributed by atoms with van der Waals surface area (Å²) in [6.07, 6.45) is 1.53. The van der Waals surface area contributed by atoms with Crippen molar-refractivity contribution in [3.63, 3.8) is 0 Å². The van der Waals surface area contributed by atoms with E-state index in [1.54, 1.807) is 11.6 Å². The van der Waals surface area contributed by atoms with Crippen LogP contribution >= 0.6 is 22.9 Å². The number of aryl methyl sites for hydroxylation is 1. The Balaban J connectivity index is 1.61. The monoisotopic (exact) mass is 386 g/mol. The van der Waals surface area contributed by atoms with Crippen LogP contribution in [0.3, 0.4) is 0 Å². The van der Waals surface area contributed by atoms with Crippen LogP contribution in [0.5, 0.6) is 0 Å². The van der Waals surface area contributed by atoms with Gasteiger partial charge in [0.05, 0.1) is 17.6 Å². The standard InChI is InChI=1S/C18H15ClN4O2S/c1-11-13-8-14(18(24)25-10-16-20-9-15(19)22(16)2)26-17(13)23(21-11)12-6-4-3-5-7-12/h3-9H,10H2,1-2H3. The summed E-state index contributed by atoms with van der Waals surface area (Å²) in [4.78, 5) is 18.0. The summed E-state index contributed by atoms with van der Waals surface area (Å²) in [6, 6.07) is 11.7.